The first kappa shape index (κ1) is 20.0. The van der Waals surface area contributed by atoms with E-state index in [4.69, 9.17) is 14.5 Å². The van der Waals surface area contributed by atoms with Crippen LogP contribution >= 0.6 is 0 Å². The molecule has 4 rings (SSSR count). The van der Waals surface area contributed by atoms with Crippen molar-refractivity contribution in [3.05, 3.63) is 65.7 Å². The molecule has 6 heteroatoms. The number of benzene rings is 2. The minimum atomic E-state index is -0.532. The number of amides is 1. The normalized spacial score (nSPS) is 15.8. The van der Waals surface area contributed by atoms with Gasteiger partial charge in [-0.2, -0.15) is 0 Å². The number of fused-ring (bicyclic) bond motifs is 1. The molecule has 0 spiro atoms. The Hall–Kier alpha value is -3.25. The molecule has 1 atom stereocenters. The van der Waals surface area contributed by atoms with Crippen LogP contribution in [0.15, 0.2) is 54.6 Å². The average Bonchev–Trinajstić information content (AvgIpc) is 3.30. The van der Waals surface area contributed by atoms with Crippen LogP contribution in [0.4, 0.5) is 0 Å². The number of aromatic nitrogens is 1. The highest BCUT2D eigenvalue weighted by molar-refractivity contribution is 6.06. The molecule has 0 saturated carbocycles. The fraction of sp³-hybridized carbons (Fsp3) is 0.292. The zero-order chi connectivity index (χ0) is 20.9. The molecule has 1 amide bonds. The molecule has 1 saturated heterocycles. The van der Waals surface area contributed by atoms with E-state index in [2.05, 4.69) is 5.32 Å². The molecule has 6 nitrogen and oxygen atoms in total. The highest BCUT2D eigenvalue weighted by Crippen LogP contribution is 2.30. The fourth-order valence-electron chi connectivity index (χ4n) is 3.73. The number of para-hydroxylation sites is 1. The van der Waals surface area contributed by atoms with Crippen LogP contribution < -0.4 is 5.32 Å². The van der Waals surface area contributed by atoms with Gasteiger partial charge in [-0.1, -0.05) is 48.5 Å². The van der Waals surface area contributed by atoms with Crippen LogP contribution in [-0.2, 0) is 14.3 Å². The summed E-state index contributed by atoms with van der Waals surface area (Å²) in [6, 6.07) is 17.2. The zero-order valence-electron chi connectivity index (χ0n) is 16.9. The molecule has 1 N–H and O–H groups in total. The summed E-state index contributed by atoms with van der Waals surface area (Å²) >= 11 is 0. The quantitative estimate of drug-likeness (QED) is 0.635. The lowest BCUT2D eigenvalue weighted by atomic mass is 9.98. The minimum absolute atomic E-state index is 0.0458. The lowest BCUT2D eigenvalue weighted by Crippen LogP contribution is -2.34. The first-order valence-corrected chi connectivity index (χ1v) is 10.1. The van der Waals surface area contributed by atoms with E-state index in [9.17, 15) is 9.59 Å². The van der Waals surface area contributed by atoms with E-state index < -0.39 is 5.97 Å². The fourth-order valence-corrected chi connectivity index (χ4v) is 3.73. The van der Waals surface area contributed by atoms with Gasteiger partial charge in [0.25, 0.3) is 5.91 Å². The van der Waals surface area contributed by atoms with Gasteiger partial charge < -0.3 is 14.8 Å². The molecule has 30 heavy (non-hydrogen) atoms. The molecule has 2 aromatic carbocycles. The Balaban J connectivity index is 1.55. The predicted octanol–water partition coefficient (Wildman–Crippen LogP) is 3.66. The van der Waals surface area contributed by atoms with Crippen molar-refractivity contribution in [2.24, 2.45) is 0 Å². The van der Waals surface area contributed by atoms with Crippen molar-refractivity contribution in [2.75, 3.05) is 19.8 Å². The molecule has 0 bridgehead atoms. The highest BCUT2D eigenvalue weighted by Gasteiger charge is 2.21. The molecule has 1 aliphatic rings. The predicted molar refractivity (Wildman–Crippen MR) is 114 cm³/mol. The first-order valence-electron chi connectivity index (χ1n) is 10.1. The van der Waals surface area contributed by atoms with Crippen molar-refractivity contribution in [1.29, 1.82) is 0 Å². The van der Waals surface area contributed by atoms with Crippen molar-refractivity contribution in [3.8, 4) is 11.3 Å². The number of rotatable bonds is 6. The van der Waals surface area contributed by atoms with Crippen LogP contribution in [-0.4, -0.2) is 42.7 Å². The number of nitrogens with zero attached hydrogens (tertiary/aromatic N) is 1. The number of ether oxygens (including phenoxy) is 2. The third kappa shape index (κ3) is 4.33. The van der Waals surface area contributed by atoms with Gasteiger partial charge in [0.05, 0.1) is 22.9 Å². The SMILES string of the molecule is Cc1c(-c2ccccc2)nc2ccccc2c1C(=O)OCC(=O)NCC1CCCO1. The lowest BCUT2D eigenvalue weighted by Gasteiger charge is -2.15. The number of hydrogen-bond acceptors (Lipinski definition) is 5. The van der Waals surface area contributed by atoms with Crippen molar-refractivity contribution in [1.82, 2.24) is 10.3 Å². The average molecular weight is 404 g/mol. The topological polar surface area (TPSA) is 77.5 Å². The third-order valence-corrected chi connectivity index (χ3v) is 5.27. The van der Waals surface area contributed by atoms with Gasteiger partial charge in [-0.05, 0) is 31.4 Å². The van der Waals surface area contributed by atoms with Crippen LogP contribution in [0.3, 0.4) is 0 Å². The lowest BCUT2D eigenvalue weighted by molar-refractivity contribution is -0.124. The van der Waals surface area contributed by atoms with Gasteiger partial charge in [0, 0.05) is 24.1 Å². The monoisotopic (exact) mass is 404 g/mol. The Morgan fingerprint density at radius 1 is 1.13 bits per heavy atom. The summed E-state index contributed by atoms with van der Waals surface area (Å²) in [6.07, 6.45) is 1.99. The zero-order valence-corrected chi connectivity index (χ0v) is 16.9. The Morgan fingerprint density at radius 3 is 2.67 bits per heavy atom. The summed E-state index contributed by atoms with van der Waals surface area (Å²) in [4.78, 5) is 29.8. The van der Waals surface area contributed by atoms with Gasteiger partial charge in [-0.15, -0.1) is 0 Å². The van der Waals surface area contributed by atoms with E-state index in [-0.39, 0.29) is 18.6 Å². The standard InChI is InChI=1S/C24H24N2O4/c1-16-22(24(28)30-15-21(27)25-14-18-10-7-13-29-18)19-11-5-6-12-20(19)26-23(16)17-8-3-2-4-9-17/h2-6,8-9,11-12,18H,7,10,13-15H2,1H3,(H,25,27). The third-order valence-electron chi connectivity index (χ3n) is 5.27. The number of hydrogen-bond donors (Lipinski definition) is 1. The smallest absolute Gasteiger partial charge is 0.339 e. The summed E-state index contributed by atoms with van der Waals surface area (Å²) in [6.45, 7) is 2.69. The van der Waals surface area contributed by atoms with Crippen molar-refractivity contribution < 1.29 is 19.1 Å². The van der Waals surface area contributed by atoms with E-state index in [0.717, 1.165) is 36.3 Å². The number of carbonyl (C=O) groups is 2. The van der Waals surface area contributed by atoms with Crippen LogP contribution in [0.2, 0.25) is 0 Å². The number of nitrogens with one attached hydrogen (secondary N) is 1. The maximum Gasteiger partial charge on any atom is 0.339 e. The van der Waals surface area contributed by atoms with Crippen LogP contribution in [0, 0.1) is 6.92 Å². The molecule has 1 aromatic heterocycles. The van der Waals surface area contributed by atoms with E-state index in [1.54, 1.807) is 0 Å². The molecular weight excluding hydrogens is 380 g/mol. The van der Waals surface area contributed by atoms with Gasteiger partial charge in [-0.25, -0.2) is 9.78 Å². The maximum absolute atomic E-state index is 13.0. The second-order valence-corrected chi connectivity index (χ2v) is 7.36. The van der Waals surface area contributed by atoms with Gasteiger partial charge in [0.15, 0.2) is 6.61 Å². The summed E-state index contributed by atoms with van der Waals surface area (Å²) in [5.41, 5.74) is 3.51. The number of esters is 1. The van der Waals surface area contributed by atoms with Gasteiger partial charge in [0.2, 0.25) is 0 Å². The van der Waals surface area contributed by atoms with Crippen molar-refractivity contribution in [2.45, 2.75) is 25.9 Å². The minimum Gasteiger partial charge on any atom is -0.452 e. The van der Waals surface area contributed by atoms with Gasteiger partial charge in [0.1, 0.15) is 0 Å². The molecule has 3 aromatic rings. The van der Waals surface area contributed by atoms with E-state index in [0.29, 0.717) is 23.0 Å². The van der Waals surface area contributed by atoms with Crippen LogP contribution in [0.5, 0.6) is 0 Å². The first-order chi connectivity index (χ1) is 14.6. The Kier molecular flexibility index (Phi) is 6.05. The van der Waals surface area contributed by atoms with Crippen molar-refractivity contribution in [3.63, 3.8) is 0 Å². The summed E-state index contributed by atoms with van der Waals surface area (Å²) in [5.74, 6) is -0.867. The maximum atomic E-state index is 13.0. The highest BCUT2D eigenvalue weighted by atomic mass is 16.5. The second-order valence-electron chi connectivity index (χ2n) is 7.36. The van der Waals surface area contributed by atoms with E-state index >= 15 is 0 Å². The molecule has 1 unspecified atom stereocenters. The molecule has 1 fully saturated rings. The van der Waals surface area contributed by atoms with Crippen LogP contribution in [0.1, 0.15) is 28.8 Å². The molecule has 154 valence electrons. The molecule has 2 heterocycles. The summed E-state index contributed by atoms with van der Waals surface area (Å²) in [5, 5.41) is 3.47. The molecule has 0 aliphatic carbocycles. The van der Waals surface area contributed by atoms with E-state index in [1.165, 1.54) is 0 Å². The molecule has 1 aliphatic heterocycles. The largest absolute Gasteiger partial charge is 0.452 e. The Labute approximate surface area is 175 Å². The summed E-state index contributed by atoms with van der Waals surface area (Å²) < 4.78 is 10.9. The van der Waals surface area contributed by atoms with Gasteiger partial charge >= 0.3 is 5.97 Å². The Morgan fingerprint density at radius 2 is 1.90 bits per heavy atom. The van der Waals surface area contributed by atoms with Gasteiger partial charge in [-0.3, -0.25) is 4.79 Å². The Bertz CT molecular complexity index is 1060. The number of pyridine rings is 1. The second kappa shape index (κ2) is 9.05. The van der Waals surface area contributed by atoms with Crippen LogP contribution in [0.25, 0.3) is 22.2 Å². The van der Waals surface area contributed by atoms with Crippen molar-refractivity contribution >= 4 is 22.8 Å². The molecule has 0 radical (unpaired) electrons. The summed E-state index contributed by atoms with van der Waals surface area (Å²) in [7, 11) is 0. The van der Waals surface area contributed by atoms with E-state index in [1.807, 2.05) is 61.5 Å². The molecular formula is C24H24N2O4. The number of carbonyl (C=O) groups excluding carboxylic acids is 2.